The molecule has 2 rings (SSSR count). The zero-order chi connectivity index (χ0) is 14.4. The topological polar surface area (TPSA) is 56.3 Å². The average molecular weight is 273 g/mol. The molecule has 1 aromatic carbocycles. The number of nitrogens with one attached hydrogen (secondary N) is 1. The molecule has 0 aliphatic rings. The summed E-state index contributed by atoms with van der Waals surface area (Å²) in [6.45, 7) is 4.71. The Hall–Kier alpha value is -2.30. The van der Waals surface area contributed by atoms with Crippen LogP contribution in [0.5, 0.6) is 17.4 Å². The van der Waals surface area contributed by atoms with Gasteiger partial charge < -0.3 is 14.8 Å². The van der Waals surface area contributed by atoms with Crippen molar-refractivity contribution in [2.75, 3.05) is 19.0 Å². The van der Waals surface area contributed by atoms with E-state index in [2.05, 4.69) is 22.2 Å². The number of aromatic nitrogens is 2. The number of rotatable bonds is 6. The molecule has 1 N–H and O–H groups in total. The molecule has 1 aromatic heterocycles. The Balaban J connectivity index is 2.09. The lowest BCUT2D eigenvalue weighted by Gasteiger charge is -2.09. The molecule has 106 valence electrons. The van der Waals surface area contributed by atoms with Gasteiger partial charge in [-0.25, -0.2) is 4.98 Å². The first-order valence-electron chi connectivity index (χ1n) is 6.65. The molecule has 1 heterocycles. The molecule has 0 aliphatic carbocycles. The molecule has 5 nitrogen and oxygen atoms in total. The summed E-state index contributed by atoms with van der Waals surface area (Å²) in [7, 11) is 1.77. The van der Waals surface area contributed by atoms with E-state index in [0.29, 0.717) is 11.8 Å². The van der Waals surface area contributed by atoms with Gasteiger partial charge in [0.05, 0.1) is 6.61 Å². The second-order valence-corrected chi connectivity index (χ2v) is 4.35. The van der Waals surface area contributed by atoms with Crippen LogP contribution in [0.3, 0.4) is 0 Å². The van der Waals surface area contributed by atoms with Crippen LogP contribution in [0.4, 0.5) is 5.95 Å². The lowest BCUT2D eigenvalue weighted by atomic mass is 10.3. The first-order chi connectivity index (χ1) is 9.72. The van der Waals surface area contributed by atoms with Gasteiger partial charge in [0.15, 0.2) is 0 Å². The maximum Gasteiger partial charge on any atom is 0.226 e. The Bertz CT molecular complexity index is 556. The first kappa shape index (κ1) is 14.1. The summed E-state index contributed by atoms with van der Waals surface area (Å²) in [4.78, 5) is 8.41. The molecule has 0 spiro atoms. The van der Waals surface area contributed by atoms with Gasteiger partial charge in [-0.2, -0.15) is 4.98 Å². The van der Waals surface area contributed by atoms with E-state index in [1.807, 2.05) is 31.2 Å². The van der Waals surface area contributed by atoms with Crippen molar-refractivity contribution in [2.45, 2.75) is 20.3 Å². The Morgan fingerprint density at radius 1 is 1.15 bits per heavy atom. The number of ether oxygens (including phenoxy) is 2. The normalized spacial score (nSPS) is 10.2. The summed E-state index contributed by atoms with van der Waals surface area (Å²) in [5.41, 5.74) is 0.885. The van der Waals surface area contributed by atoms with Crippen molar-refractivity contribution in [1.82, 2.24) is 9.97 Å². The second-order valence-electron chi connectivity index (χ2n) is 4.35. The minimum Gasteiger partial charge on any atom is -0.494 e. The summed E-state index contributed by atoms with van der Waals surface area (Å²) in [5, 5.41) is 2.89. The van der Waals surface area contributed by atoms with Gasteiger partial charge in [0, 0.05) is 18.8 Å². The Kier molecular flexibility index (Phi) is 4.76. The van der Waals surface area contributed by atoms with Crippen molar-refractivity contribution in [3.8, 4) is 17.4 Å². The molecule has 0 fully saturated rings. The minimum atomic E-state index is 0.536. The standard InChI is InChI=1S/C15H19N3O2/c1-4-9-19-12-5-7-13(8-6-12)20-14-11(2)10-17-15(16-3)18-14/h5-8,10H,4,9H2,1-3H3,(H,16,17,18). The third-order valence-electron chi connectivity index (χ3n) is 2.66. The summed E-state index contributed by atoms with van der Waals surface area (Å²) < 4.78 is 11.3. The Morgan fingerprint density at radius 3 is 2.50 bits per heavy atom. The van der Waals surface area contributed by atoms with E-state index in [1.165, 1.54) is 0 Å². The molecule has 0 amide bonds. The number of anilines is 1. The molecule has 0 saturated heterocycles. The van der Waals surface area contributed by atoms with E-state index < -0.39 is 0 Å². The molecule has 2 aromatic rings. The Morgan fingerprint density at radius 2 is 1.85 bits per heavy atom. The number of aryl methyl sites for hydroxylation is 1. The monoisotopic (exact) mass is 273 g/mol. The van der Waals surface area contributed by atoms with Gasteiger partial charge in [-0.15, -0.1) is 0 Å². The van der Waals surface area contributed by atoms with Crippen molar-refractivity contribution in [1.29, 1.82) is 0 Å². The maximum absolute atomic E-state index is 5.76. The van der Waals surface area contributed by atoms with Gasteiger partial charge in [-0.3, -0.25) is 0 Å². The van der Waals surface area contributed by atoms with Crippen LogP contribution in [0.15, 0.2) is 30.5 Å². The van der Waals surface area contributed by atoms with Crippen LogP contribution >= 0.6 is 0 Å². The molecule has 0 bridgehead atoms. The highest BCUT2D eigenvalue weighted by Gasteiger charge is 2.06. The fourth-order valence-electron chi connectivity index (χ4n) is 1.59. The first-order valence-corrected chi connectivity index (χ1v) is 6.65. The molecule has 20 heavy (non-hydrogen) atoms. The van der Waals surface area contributed by atoms with Crippen molar-refractivity contribution >= 4 is 5.95 Å². The van der Waals surface area contributed by atoms with Crippen LogP contribution in [0, 0.1) is 6.92 Å². The van der Waals surface area contributed by atoms with Crippen molar-refractivity contribution in [2.24, 2.45) is 0 Å². The third-order valence-corrected chi connectivity index (χ3v) is 2.66. The summed E-state index contributed by atoms with van der Waals surface area (Å²) >= 11 is 0. The minimum absolute atomic E-state index is 0.536. The van der Waals surface area contributed by atoms with E-state index >= 15 is 0 Å². The largest absolute Gasteiger partial charge is 0.494 e. The van der Waals surface area contributed by atoms with Gasteiger partial charge in [0.1, 0.15) is 11.5 Å². The highest BCUT2D eigenvalue weighted by molar-refractivity contribution is 5.37. The van der Waals surface area contributed by atoms with Crippen molar-refractivity contribution < 1.29 is 9.47 Å². The van der Waals surface area contributed by atoms with Gasteiger partial charge in [-0.1, -0.05) is 6.92 Å². The lowest BCUT2D eigenvalue weighted by Crippen LogP contribution is -1.99. The zero-order valence-electron chi connectivity index (χ0n) is 12.0. The molecule has 0 saturated carbocycles. The van der Waals surface area contributed by atoms with Crippen LogP contribution < -0.4 is 14.8 Å². The highest BCUT2D eigenvalue weighted by atomic mass is 16.5. The molecule has 0 unspecified atom stereocenters. The smallest absolute Gasteiger partial charge is 0.226 e. The van der Waals surface area contributed by atoms with E-state index in [-0.39, 0.29) is 0 Å². The van der Waals surface area contributed by atoms with Gasteiger partial charge in [-0.05, 0) is 37.6 Å². The zero-order valence-corrected chi connectivity index (χ0v) is 12.0. The summed E-state index contributed by atoms with van der Waals surface area (Å²) in [6.07, 6.45) is 2.72. The van der Waals surface area contributed by atoms with Gasteiger partial charge in [0.25, 0.3) is 0 Å². The average Bonchev–Trinajstić information content (AvgIpc) is 2.49. The molecule has 0 aliphatic heterocycles. The van der Waals surface area contributed by atoms with Gasteiger partial charge >= 0.3 is 0 Å². The fourth-order valence-corrected chi connectivity index (χ4v) is 1.59. The van der Waals surface area contributed by atoms with E-state index in [1.54, 1.807) is 13.2 Å². The van der Waals surface area contributed by atoms with Crippen LogP contribution in [0.1, 0.15) is 18.9 Å². The highest BCUT2D eigenvalue weighted by Crippen LogP contribution is 2.25. The van der Waals surface area contributed by atoms with E-state index in [9.17, 15) is 0 Å². The number of hydrogen-bond donors (Lipinski definition) is 1. The maximum atomic E-state index is 5.76. The van der Waals surface area contributed by atoms with Crippen LogP contribution in [-0.2, 0) is 0 Å². The lowest BCUT2D eigenvalue weighted by molar-refractivity contribution is 0.317. The SMILES string of the molecule is CCCOc1ccc(Oc2nc(NC)ncc2C)cc1. The predicted molar refractivity (Wildman–Crippen MR) is 78.6 cm³/mol. The summed E-state index contributed by atoms with van der Waals surface area (Å²) in [6, 6.07) is 7.51. The third kappa shape index (κ3) is 3.60. The quantitative estimate of drug-likeness (QED) is 0.874. The number of nitrogens with zero attached hydrogens (tertiary/aromatic N) is 2. The van der Waals surface area contributed by atoms with Crippen LogP contribution in [0.25, 0.3) is 0 Å². The summed E-state index contributed by atoms with van der Waals surface area (Å²) in [5.74, 6) is 2.65. The molecule has 0 atom stereocenters. The Labute approximate surface area is 119 Å². The molecular formula is C15H19N3O2. The second kappa shape index (κ2) is 6.75. The molecule has 0 radical (unpaired) electrons. The van der Waals surface area contributed by atoms with E-state index in [4.69, 9.17) is 9.47 Å². The molecule has 5 heteroatoms. The predicted octanol–water partition coefficient (Wildman–Crippen LogP) is 3.41. The van der Waals surface area contributed by atoms with Crippen LogP contribution in [-0.4, -0.2) is 23.6 Å². The van der Waals surface area contributed by atoms with E-state index in [0.717, 1.165) is 30.1 Å². The number of hydrogen-bond acceptors (Lipinski definition) is 5. The number of benzene rings is 1. The van der Waals surface area contributed by atoms with Crippen molar-refractivity contribution in [3.63, 3.8) is 0 Å². The molecular weight excluding hydrogens is 254 g/mol. The van der Waals surface area contributed by atoms with Crippen LogP contribution in [0.2, 0.25) is 0 Å². The fraction of sp³-hybridized carbons (Fsp3) is 0.333. The van der Waals surface area contributed by atoms with Crippen molar-refractivity contribution in [3.05, 3.63) is 36.0 Å². The van der Waals surface area contributed by atoms with Gasteiger partial charge in [0.2, 0.25) is 11.8 Å².